The number of hydrogen-bond acceptors (Lipinski definition) is 3. The number of aryl methyl sites for hydroxylation is 1. The van der Waals surface area contributed by atoms with Crippen molar-refractivity contribution in [2.24, 2.45) is 0 Å². The molecule has 3 nitrogen and oxygen atoms in total. The van der Waals surface area contributed by atoms with Crippen LogP contribution in [0.1, 0.15) is 22.7 Å². The van der Waals surface area contributed by atoms with Crippen molar-refractivity contribution >= 4 is 5.82 Å². The molecule has 0 saturated carbocycles. The van der Waals surface area contributed by atoms with Crippen LogP contribution in [0.3, 0.4) is 0 Å². The molecule has 0 unspecified atom stereocenters. The van der Waals surface area contributed by atoms with Gasteiger partial charge in [-0.15, -0.1) is 0 Å². The van der Waals surface area contributed by atoms with E-state index in [0.717, 1.165) is 11.4 Å². The van der Waals surface area contributed by atoms with Crippen molar-refractivity contribution in [2.75, 3.05) is 5.32 Å². The molecule has 2 aromatic rings. The Bertz CT molecular complexity index is 568. The fourth-order valence-corrected chi connectivity index (χ4v) is 2.52. The van der Waals surface area contributed by atoms with Crippen LogP contribution in [-0.4, -0.2) is 16.2 Å². The highest BCUT2D eigenvalue weighted by Crippen LogP contribution is 2.33. The van der Waals surface area contributed by atoms with Crippen LogP contribution in [0.25, 0.3) is 0 Å². The zero-order valence-corrected chi connectivity index (χ0v) is 10.3. The number of pyridine rings is 1. The first-order valence-electron chi connectivity index (χ1n) is 6.19. The highest BCUT2D eigenvalue weighted by molar-refractivity contribution is 5.45. The lowest BCUT2D eigenvalue weighted by atomic mass is 10.1. The number of nitrogens with one attached hydrogen (secondary N) is 1. The molecule has 3 heteroatoms. The van der Waals surface area contributed by atoms with Gasteiger partial charge in [-0.3, -0.25) is 0 Å². The maximum Gasteiger partial charge on any atom is 0.126 e. The number of hydrogen-bond donors (Lipinski definition) is 2. The van der Waals surface area contributed by atoms with Gasteiger partial charge in [-0.2, -0.15) is 0 Å². The predicted molar refractivity (Wildman–Crippen MR) is 71.5 cm³/mol. The Hall–Kier alpha value is -1.87. The maximum absolute atomic E-state index is 10.2. The Morgan fingerprint density at radius 2 is 2.11 bits per heavy atom. The van der Waals surface area contributed by atoms with Crippen LogP contribution < -0.4 is 5.32 Å². The van der Waals surface area contributed by atoms with Gasteiger partial charge in [-0.25, -0.2) is 4.98 Å². The molecule has 1 aliphatic rings. The highest BCUT2D eigenvalue weighted by Gasteiger charge is 2.30. The number of rotatable bonds is 2. The van der Waals surface area contributed by atoms with Gasteiger partial charge < -0.3 is 10.4 Å². The van der Waals surface area contributed by atoms with E-state index in [0.29, 0.717) is 6.42 Å². The Morgan fingerprint density at radius 1 is 1.28 bits per heavy atom. The summed E-state index contributed by atoms with van der Waals surface area (Å²) >= 11 is 0. The highest BCUT2D eigenvalue weighted by atomic mass is 16.3. The van der Waals surface area contributed by atoms with E-state index in [1.807, 2.05) is 31.2 Å². The molecule has 1 aromatic carbocycles. The topological polar surface area (TPSA) is 45.2 Å². The third kappa shape index (κ3) is 1.97. The van der Waals surface area contributed by atoms with Gasteiger partial charge in [0, 0.05) is 12.6 Å². The first-order chi connectivity index (χ1) is 8.74. The second-order valence-electron chi connectivity index (χ2n) is 4.81. The molecule has 0 amide bonds. The Morgan fingerprint density at radius 3 is 2.94 bits per heavy atom. The van der Waals surface area contributed by atoms with Crippen molar-refractivity contribution in [3.63, 3.8) is 0 Å². The van der Waals surface area contributed by atoms with Crippen molar-refractivity contribution in [1.29, 1.82) is 0 Å². The number of anilines is 1. The molecule has 2 atom stereocenters. The quantitative estimate of drug-likeness (QED) is 0.847. The molecule has 0 saturated heterocycles. The third-order valence-corrected chi connectivity index (χ3v) is 3.42. The van der Waals surface area contributed by atoms with E-state index in [1.165, 1.54) is 11.1 Å². The minimum atomic E-state index is -0.385. The van der Waals surface area contributed by atoms with Crippen LogP contribution in [-0.2, 0) is 6.42 Å². The number of nitrogens with zero attached hydrogens (tertiary/aromatic N) is 1. The summed E-state index contributed by atoms with van der Waals surface area (Å²) in [5.74, 6) is 0.816. The van der Waals surface area contributed by atoms with E-state index in [2.05, 4.69) is 22.4 Å². The molecule has 1 heterocycles. The predicted octanol–water partition coefficient (Wildman–Crippen LogP) is 2.46. The fourth-order valence-electron chi connectivity index (χ4n) is 2.52. The molecule has 0 fully saturated rings. The average molecular weight is 240 g/mol. The molecule has 1 aromatic heterocycles. The minimum absolute atomic E-state index is 0.0597. The standard InChI is InChI=1S/C15H16N2O/c1-10-6-7-16-14(8-10)17-15-12-5-3-2-4-11(12)9-13(15)18/h2-8,13,15,18H,9H2,1H3,(H,16,17)/t13-,15+/m1/s1. The molecule has 1 aliphatic carbocycles. The SMILES string of the molecule is Cc1ccnc(N[C@H]2c3ccccc3C[C@H]2O)c1. The van der Waals surface area contributed by atoms with Gasteiger partial charge in [0.1, 0.15) is 5.82 Å². The molecule has 18 heavy (non-hydrogen) atoms. The van der Waals surface area contributed by atoms with Crippen LogP contribution in [0.15, 0.2) is 42.6 Å². The lowest BCUT2D eigenvalue weighted by molar-refractivity contribution is 0.165. The molecule has 0 radical (unpaired) electrons. The smallest absolute Gasteiger partial charge is 0.126 e. The van der Waals surface area contributed by atoms with Crippen molar-refractivity contribution in [1.82, 2.24) is 4.98 Å². The maximum atomic E-state index is 10.2. The largest absolute Gasteiger partial charge is 0.390 e. The Balaban J connectivity index is 1.89. The molecule has 2 N–H and O–H groups in total. The van der Waals surface area contributed by atoms with Gasteiger partial charge in [0.15, 0.2) is 0 Å². The summed E-state index contributed by atoms with van der Waals surface area (Å²) in [6.45, 7) is 2.03. The van der Waals surface area contributed by atoms with E-state index < -0.39 is 0 Å². The van der Waals surface area contributed by atoms with Crippen LogP contribution in [0.5, 0.6) is 0 Å². The van der Waals surface area contributed by atoms with Crippen molar-refractivity contribution in [3.05, 3.63) is 59.3 Å². The first kappa shape index (κ1) is 11.2. The van der Waals surface area contributed by atoms with Crippen molar-refractivity contribution < 1.29 is 5.11 Å². The number of benzene rings is 1. The monoisotopic (exact) mass is 240 g/mol. The molecule has 92 valence electrons. The average Bonchev–Trinajstić information content (AvgIpc) is 2.66. The number of fused-ring (bicyclic) bond motifs is 1. The van der Waals surface area contributed by atoms with Gasteiger partial charge >= 0.3 is 0 Å². The summed E-state index contributed by atoms with van der Waals surface area (Å²) in [7, 11) is 0. The van der Waals surface area contributed by atoms with E-state index in [4.69, 9.17) is 0 Å². The molecular weight excluding hydrogens is 224 g/mol. The van der Waals surface area contributed by atoms with Crippen LogP contribution >= 0.6 is 0 Å². The second kappa shape index (κ2) is 4.42. The van der Waals surface area contributed by atoms with Gasteiger partial charge in [0.2, 0.25) is 0 Å². The minimum Gasteiger partial charge on any atom is -0.390 e. The lowest BCUT2D eigenvalue weighted by Crippen LogP contribution is -2.21. The Labute approximate surface area is 107 Å². The third-order valence-electron chi connectivity index (χ3n) is 3.42. The fraction of sp³-hybridized carbons (Fsp3) is 0.267. The van der Waals surface area contributed by atoms with Crippen molar-refractivity contribution in [3.8, 4) is 0 Å². The van der Waals surface area contributed by atoms with E-state index in [9.17, 15) is 5.11 Å². The molecule has 0 aliphatic heterocycles. The second-order valence-corrected chi connectivity index (χ2v) is 4.81. The summed E-state index contributed by atoms with van der Waals surface area (Å²) < 4.78 is 0. The normalized spacial score (nSPS) is 21.7. The first-order valence-corrected chi connectivity index (χ1v) is 6.19. The van der Waals surface area contributed by atoms with Crippen LogP contribution in [0.4, 0.5) is 5.82 Å². The zero-order chi connectivity index (χ0) is 12.5. The summed E-state index contributed by atoms with van der Waals surface area (Å²) in [6.07, 6.45) is 2.11. The molecular formula is C15H16N2O. The number of aromatic nitrogens is 1. The van der Waals surface area contributed by atoms with Crippen molar-refractivity contribution in [2.45, 2.75) is 25.5 Å². The molecule has 3 rings (SSSR count). The summed E-state index contributed by atoms with van der Waals surface area (Å²) in [5.41, 5.74) is 3.55. The van der Waals surface area contributed by atoms with Gasteiger partial charge in [0.05, 0.1) is 12.1 Å². The van der Waals surface area contributed by atoms with Gasteiger partial charge in [0.25, 0.3) is 0 Å². The zero-order valence-electron chi connectivity index (χ0n) is 10.3. The van der Waals surface area contributed by atoms with Crippen LogP contribution in [0, 0.1) is 6.92 Å². The summed E-state index contributed by atoms with van der Waals surface area (Å²) in [4.78, 5) is 4.29. The summed E-state index contributed by atoms with van der Waals surface area (Å²) in [5, 5.41) is 13.5. The van der Waals surface area contributed by atoms with E-state index in [1.54, 1.807) is 6.20 Å². The number of aliphatic hydroxyl groups is 1. The molecule has 0 bridgehead atoms. The van der Waals surface area contributed by atoms with Gasteiger partial charge in [-0.1, -0.05) is 24.3 Å². The lowest BCUT2D eigenvalue weighted by Gasteiger charge is -2.18. The summed E-state index contributed by atoms with van der Waals surface area (Å²) in [6, 6.07) is 12.1. The van der Waals surface area contributed by atoms with Crippen LogP contribution in [0.2, 0.25) is 0 Å². The van der Waals surface area contributed by atoms with Gasteiger partial charge in [-0.05, 0) is 35.7 Å². The van der Waals surface area contributed by atoms with E-state index >= 15 is 0 Å². The van der Waals surface area contributed by atoms with E-state index in [-0.39, 0.29) is 12.1 Å². The number of aliphatic hydroxyl groups excluding tert-OH is 1. The Kier molecular flexibility index (Phi) is 2.76. The molecule has 0 spiro atoms.